The van der Waals surface area contributed by atoms with Crippen molar-refractivity contribution in [2.75, 3.05) is 12.4 Å². The van der Waals surface area contributed by atoms with E-state index in [1.165, 1.54) is 14.0 Å². The number of carbonyl (C=O) groups excluding carboxylic acids is 2. The van der Waals surface area contributed by atoms with E-state index in [1.807, 2.05) is 6.92 Å². The molecule has 2 amide bonds. The number of hydrogen-bond donors (Lipinski definition) is 3. The van der Waals surface area contributed by atoms with Crippen molar-refractivity contribution in [2.45, 2.75) is 78.6 Å². The summed E-state index contributed by atoms with van der Waals surface area (Å²) < 4.78 is 55.1. The van der Waals surface area contributed by atoms with Crippen LogP contribution in [0.1, 0.15) is 59.4 Å². The molecular formula is C28H39F3N2O5. The number of methoxy groups -OCH3 is 1. The topological polar surface area (TPSA) is 111 Å². The standard InChI is InChI=1S/C28H39F3N2O5/c1-14-10-19-23(30)20(29)13-21(24(19)31)33-27(35)16(3)9-7-8-15(2)26(38-28(32)36)18(5)12-17(4)25(34)22(11-14)37-6/h9,12-15,17,22,25-26,34H,7-8,10-11H2,1-6H3,(H2,32,36)(H,33,35)/b16-9+,18-12+/t14-,15+,17+,22+,25-,26+/m1/s1. The molecular weight excluding hydrogens is 501 g/mol. The van der Waals surface area contributed by atoms with Crippen molar-refractivity contribution in [1.82, 2.24) is 0 Å². The monoisotopic (exact) mass is 540 g/mol. The molecule has 2 bridgehead atoms. The molecule has 0 fully saturated rings. The van der Waals surface area contributed by atoms with Crippen molar-refractivity contribution in [3.05, 3.63) is 52.4 Å². The van der Waals surface area contributed by atoms with E-state index in [0.29, 0.717) is 24.5 Å². The number of benzene rings is 1. The van der Waals surface area contributed by atoms with Crippen LogP contribution in [0, 0.1) is 35.2 Å². The molecule has 6 atom stereocenters. The highest BCUT2D eigenvalue weighted by molar-refractivity contribution is 6.03. The van der Waals surface area contributed by atoms with E-state index in [2.05, 4.69) is 5.32 Å². The maximum Gasteiger partial charge on any atom is 0.405 e. The molecule has 7 nitrogen and oxygen atoms in total. The molecule has 0 unspecified atom stereocenters. The lowest BCUT2D eigenvalue weighted by atomic mass is 9.87. The first kappa shape index (κ1) is 31.4. The normalized spacial score (nSPS) is 30.9. The Morgan fingerprint density at radius 1 is 1.16 bits per heavy atom. The Morgan fingerprint density at radius 2 is 1.82 bits per heavy atom. The van der Waals surface area contributed by atoms with E-state index >= 15 is 4.39 Å². The molecule has 0 aromatic heterocycles. The third-order valence-electron chi connectivity index (χ3n) is 7.07. The Labute approximate surface area is 222 Å². The van der Waals surface area contributed by atoms with Crippen molar-refractivity contribution in [3.8, 4) is 0 Å². The SMILES string of the molecule is CO[C@H]1C[C@H](C)Cc2c(F)c(F)cc(c2F)NC(=O)/C(C)=C/CC[C@H](C)[C@H](OC(N)=O)/C(C)=C/[C@H](C)[C@H]1O. The minimum Gasteiger partial charge on any atom is -0.442 e. The van der Waals surface area contributed by atoms with E-state index in [9.17, 15) is 23.5 Å². The average molecular weight is 541 g/mol. The molecule has 0 aliphatic carbocycles. The minimum atomic E-state index is -1.32. The van der Waals surface area contributed by atoms with Crippen LogP contribution < -0.4 is 11.1 Å². The Bertz CT molecular complexity index is 1080. The predicted octanol–water partition coefficient (Wildman–Crippen LogP) is 5.41. The van der Waals surface area contributed by atoms with Crippen molar-refractivity contribution >= 4 is 17.7 Å². The Morgan fingerprint density at radius 3 is 2.42 bits per heavy atom. The van der Waals surface area contributed by atoms with Gasteiger partial charge in [-0.1, -0.05) is 32.9 Å². The first-order valence-corrected chi connectivity index (χ1v) is 12.8. The summed E-state index contributed by atoms with van der Waals surface area (Å²) in [5.74, 6) is -5.34. The lowest BCUT2D eigenvalue weighted by Gasteiger charge is -2.29. The number of rotatable bonds is 2. The van der Waals surface area contributed by atoms with Crippen molar-refractivity contribution in [1.29, 1.82) is 0 Å². The van der Waals surface area contributed by atoms with Gasteiger partial charge in [0.05, 0.1) is 17.9 Å². The lowest BCUT2D eigenvalue weighted by molar-refractivity contribution is -0.112. The summed E-state index contributed by atoms with van der Waals surface area (Å²) >= 11 is 0. The summed E-state index contributed by atoms with van der Waals surface area (Å²) in [7, 11) is 1.42. The molecule has 0 spiro atoms. The van der Waals surface area contributed by atoms with Crippen LogP contribution in [-0.2, 0) is 20.7 Å². The second-order valence-corrected chi connectivity index (χ2v) is 10.3. The van der Waals surface area contributed by atoms with Gasteiger partial charge in [-0.2, -0.15) is 0 Å². The molecule has 38 heavy (non-hydrogen) atoms. The van der Waals surface area contributed by atoms with Gasteiger partial charge in [-0.25, -0.2) is 18.0 Å². The van der Waals surface area contributed by atoms with E-state index in [1.54, 1.807) is 32.9 Å². The maximum atomic E-state index is 15.2. The second kappa shape index (κ2) is 13.8. The van der Waals surface area contributed by atoms with Gasteiger partial charge in [-0.3, -0.25) is 4.79 Å². The van der Waals surface area contributed by atoms with Gasteiger partial charge in [0.1, 0.15) is 6.10 Å². The van der Waals surface area contributed by atoms with Gasteiger partial charge in [-0.05, 0) is 56.9 Å². The van der Waals surface area contributed by atoms with Crippen LogP contribution >= 0.6 is 0 Å². The molecule has 1 heterocycles. The Kier molecular flexibility index (Phi) is 11.4. The van der Waals surface area contributed by atoms with Crippen molar-refractivity contribution < 1.29 is 37.3 Å². The summed E-state index contributed by atoms with van der Waals surface area (Å²) in [6, 6.07) is 0.623. The molecule has 1 aromatic rings. The highest BCUT2D eigenvalue weighted by Gasteiger charge is 2.30. The molecule has 1 aromatic carbocycles. The zero-order valence-electron chi connectivity index (χ0n) is 22.8. The van der Waals surface area contributed by atoms with Gasteiger partial charge in [0.25, 0.3) is 5.91 Å². The summed E-state index contributed by atoms with van der Waals surface area (Å²) in [6.45, 7) is 8.66. The Hall–Kier alpha value is -2.85. The molecule has 1 aliphatic rings. The highest BCUT2D eigenvalue weighted by Crippen LogP contribution is 2.30. The largest absolute Gasteiger partial charge is 0.442 e. The zero-order valence-corrected chi connectivity index (χ0v) is 22.8. The maximum absolute atomic E-state index is 15.2. The third-order valence-corrected chi connectivity index (χ3v) is 7.07. The number of anilines is 1. The molecule has 1 aliphatic heterocycles. The average Bonchev–Trinajstić information content (AvgIpc) is 2.85. The number of nitrogens with one attached hydrogen (secondary N) is 1. The van der Waals surface area contributed by atoms with Crippen molar-refractivity contribution in [2.24, 2.45) is 23.5 Å². The summed E-state index contributed by atoms with van der Waals surface area (Å²) in [4.78, 5) is 24.3. The lowest BCUT2D eigenvalue weighted by Crippen LogP contribution is -2.35. The fourth-order valence-electron chi connectivity index (χ4n) is 4.89. The first-order chi connectivity index (χ1) is 17.8. The Balaban J connectivity index is 2.53. The highest BCUT2D eigenvalue weighted by atomic mass is 19.2. The third kappa shape index (κ3) is 8.07. The smallest absolute Gasteiger partial charge is 0.405 e. The number of hydrogen-bond acceptors (Lipinski definition) is 5. The number of carbonyl (C=O) groups is 2. The van der Waals surface area contributed by atoms with Gasteiger partial charge < -0.3 is 25.6 Å². The van der Waals surface area contributed by atoms with E-state index in [-0.39, 0.29) is 24.3 Å². The van der Waals surface area contributed by atoms with Crippen LogP contribution in [0.4, 0.5) is 23.7 Å². The first-order valence-electron chi connectivity index (χ1n) is 12.8. The number of halogens is 3. The second-order valence-electron chi connectivity index (χ2n) is 10.3. The zero-order chi connectivity index (χ0) is 28.7. The number of aliphatic hydroxyl groups excluding tert-OH is 1. The van der Waals surface area contributed by atoms with Gasteiger partial charge >= 0.3 is 6.09 Å². The van der Waals surface area contributed by atoms with Crippen LogP contribution in [0.2, 0.25) is 0 Å². The molecule has 212 valence electrons. The van der Waals surface area contributed by atoms with E-state index in [0.717, 1.165) is 0 Å². The summed E-state index contributed by atoms with van der Waals surface area (Å²) in [5, 5.41) is 13.4. The molecule has 0 radical (unpaired) electrons. The number of primary amides is 1. The number of nitrogens with two attached hydrogens (primary N) is 1. The molecule has 0 saturated carbocycles. The number of fused-ring (bicyclic) bond motifs is 2. The van der Waals surface area contributed by atoms with Crippen LogP contribution in [-0.4, -0.2) is 42.5 Å². The van der Waals surface area contributed by atoms with Crippen LogP contribution in [0.15, 0.2) is 29.4 Å². The quantitative estimate of drug-likeness (QED) is 0.343. The van der Waals surface area contributed by atoms with Gasteiger partial charge in [0.15, 0.2) is 17.5 Å². The van der Waals surface area contributed by atoms with Gasteiger partial charge in [0.2, 0.25) is 0 Å². The molecule has 2 rings (SSSR count). The number of allylic oxidation sites excluding steroid dienone is 1. The van der Waals surface area contributed by atoms with E-state index in [4.69, 9.17) is 15.2 Å². The molecule has 4 N–H and O–H groups in total. The van der Waals surface area contributed by atoms with Crippen LogP contribution in [0.5, 0.6) is 0 Å². The molecule has 0 saturated heterocycles. The van der Waals surface area contributed by atoms with Crippen molar-refractivity contribution in [3.63, 3.8) is 0 Å². The fraction of sp³-hybridized carbons (Fsp3) is 0.571. The van der Waals surface area contributed by atoms with Crippen LogP contribution in [0.25, 0.3) is 0 Å². The summed E-state index contributed by atoms with van der Waals surface area (Å²) in [5.41, 5.74) is 5.32. The summed E-state index contributed by atoms with van der Waals surface area (Å²) in [6.07, 6.45) is 1.08. The molecule has 10 heteroatoms. The predicted molar refractivity (Wildman–Crippen MR) is 139 cm³/mol. The van der Waals surface area contributed by atoms with E-state index < -0.39 is 70.9 Å². The minimum absolute atomic E-state index is 0.186. The fourth-order valence-corrected chi connectivity index (χ4v) is 4.89. The van der Waals surface area contributed by atoms with Gasteiger partial charge in [-0.15, -0.1) is 0 Å². The van der Waals surface area contributed by atoms with Gasteiger partial charge in [0, 0.05) is 30.2 Å². The number of ether oxygens (including phenoxy) is 2. The van der Waals surface area contributed by atoms with Crippen LogP contribution in [0.3, 0.4) is 0 Å². The number of aliphatic hydroxyl groups is 1. The number of amides is 2.